The number of amides is 4. The number of ether oxygens (including phenoxy) is 6. The number of halogens is 6. The molecule has 0 bridgehead atoms. The van der Waals surface area contributed by atoms with Gasteiger partial charge >= 0.3 is 24.3 Å². The summed E-state index contributed by atoms with van der Waals surface area (Å²) in [6.07, 6.45) is -6.98. The molecule has 6 fully saturated rings. The Labute approximate surface area is 688 Å². The van der Waals surface area contributed by atoms with Crippen LogP contribution in [0.2, 0.25) is 0 Å². The van der Waals surface area contributed by atoms with Gasteiger partial charge in [0, 0.05) is 42.1 Å². The first-order valence-corrected chi connectivity index (χ1v) is 42.0. The molecule has 6 heterocycles. The Morgan fingerprint density at radius 3 is 1.19 bits per heavy atom. The molecule has 0 spiro atoms. The number of ketones is 2. The van der Waals surface area contributed by atoms with Crippen LogP contribution in [0.1, 0.15) is 215 Å². The maximum Gasteiger partial charge on any atom is 0.427 e. The highest BCUT2D eigenvalue weighted by Crippen LogP contribution is 2.60. The van der Waals surface area contributed by atoms with E-state index in [0.717, 1.165) is 9.80 Å². The number of nitrogens with zero attached hydrogens (tertiary/aromatic N) is 6. The number of hydrogen-bond acceptors (Lipinski definition) is 22. The van der Waals surface area contributed by atoms with Gasteiger partial charge in [0.25, 0.3) is 0 Å². The third kappa shape index (κ3) is 19.1. The number of sulfonamides is 2. The summed E-state index contributed by atoms with van der Waals surface area (Å²) in [5.41, 5.74) is -12.9. The van der Waals surface area contributed by atoms with Gasteiger partial charge in [-0.05, 0) is 192 Å². The maximum absolute atomic E-state index is 15.0. The highest BCUT2D eigenvalue weighted by molar-refractivity contribution is 7.92. The molecule has 12 rings (SSSR count). The molecule has 116 heavy (non-hydrogen) atoms. The second-order valence-electron chi connectivity index (χ2n) is 33.1. The van der Waals surface area contributed by atoms with E-state index in [2.05, 4.69) is 39.3 Å². The van der Waals surface area contributed by atoms with E-state index in [1.165, 1.54) is 13.8 Å². The van der Waals surface area contributed by atoms with Crippen molar-refractivity contribution in [3.05, 3.63) is 72.8 Å². The highest BCUT2D eigenvalue weighted by Gasteiger charge is 2.65. The Bertz CT molecular complexity index is 4830. The first kappa shape index (κ1) is 72.7. The van der Waals surface area contributed by atoms with Gasteiger partial charge in [-0.15, -0.1) is 20.4 Å². The maximum atomic E-state index is 15.0. The SMILES string of the molecule is [2H]C([2H])([2H])C(OC(=O)C[C@@H]1C(=O)N2C[C@H](Oc3nnc(OCC)c4ccccc34)C[C@H]2C(=O)C[C@]2(C(=O)NS(=O)(=O)C3(C)CC3)C[C@H]2/C=C\CC[C@@H](C)C[C@H]1C)(C([2H])([2H])[2H])C(F)(F)F.[2H]C([2H])([2H])C(OC(=O)C[C@@H]1C(=O)N2C[C@H](Oc3nnc(OCC)c4ccccc34)C[C@H]2C(=O)C[C@]2(C(=O)NS(=O)(=O)C3(C)CC3)C[C@H]2/C=C\CC[C@H](C)C[C@H]1C)(C([2H])([2H])[2H])C(F)(F)F. The van der Waals surface area contributed by atoms with Crippen molar-refractivity contribution in [3.63, 3.8) is 0 Å². The Balaban J connectivity index is 0.000000248. The first-order valence-electron chi connectivity index (χ1n) is 45.0. The molecule has 4 aromatic rings. The van der Waals surface area contributed by atoms with Crippen molar-refractivity contribution in [1.29, 1.82) is 0 Å². The summed E-state index contributed by atoms with van der Waals surface area (Å²) in [6.45, 7) is -4.49. The van der Waals surface area contributed by atoms with Crippen LogP contribution in [0.5, 0.6) is 23.5 Å². The minimum absolute atomic E-state index is 0.00820. The predicted octanol–water partition coefficient (Wildman–Crippen LogP) is 12.5. The fourth-order valence-corrected chi connectivity index (χ4v) is 18.8. The van der Waals surface area contributed by atoms with Gasteiger partial charge < -0.3 is 38.2 Å². The van der Waals surface area contributed by atoms with E-state index < -0.39 is 224 Å². The third-order valence-electron chi connectivity index (χ3n) is 24.1. The molecule has 0 unspecified atom stereocenters. The third-order valence-corrected chi connectivity index (χ3v) is 28.4. The average molecular weight is 1680 g/mol. The predicted molar refractivity (Wildman–Crippen MR) is 412 cm³/mol. The van der Waals surface area contributed by atoms with Crippen LogP contribution >= 0.6 is 0 Å². The van der Waals surface area contributed by atoms with Crippen LogP contribution in [-0.2, 0) is 67.9 Å². The zero-order valence-corrected chi connectivity index (χ0v) is 67.2. The van der Waals surface area contributed by atoms with Gasteiger partial charge in [0.05, 0.1) is 105 Å². The van der Waals surface area contributed by atoms with Crippen molar-refractivity contribution in [2.45, 2.75) is 256 Å². The van der Waals surface area contributed by atoms with Crippen LogP contribution in [0.25, 0.3) is 21.5 Å². The number of benzene rings is 2. The van der Waals surface area contributed by atoms with Crippen molar-refractivity contribution >= 4 is 88.7 Å². The lowest BCUT2D eigenvalue weighted by molar-refractivity contribution is -0.257. The van der Waals surface area contributed by atoms with Gasteiger partial charge in [-0.1, -0.05) is 76.3 Å². The van der Waals surface area contributed by atoms with E-state index in [1.54, 1.807) is 88.4 Å². The number of alkyl halides is 6. The summed E-state index contributed by atoms with van der Waals surface area (Å²) in [4.78, 5) is 117. The Morgan fingerprint density at radius 2 is 0.871 bits per heavy atom. The molecule has 2 aromatic heterocycles. The zero-order valence-electron chi connectivity index (χ0n) is 77.5. The van der Waals surface area contributed by atoms with Crippen LogP contribution in [0, 0.1) is 58.2 Å². The molecule has 14 atom stereocenters. The number of hydrogen-bond donors (Lipinski definition) is 2. The topological polar surface area (TPSA) is 342 Å². The molecule has 8 aliphatic rings. The second kappa shape index (κ2) is 33.7. The summed E-state index contributed by atoms with van der Waals surface area (Å²) in [5.74, 6) is -14.6. The minimum Gasteiger partial charge on any atom is -0.476 e. The Morgan fingerprint density at radius 1 is 0.534 bits per heavy atom. The van der Waals surface area contributed by atoms with Gasteiger partial charge in [0.2, 0.25) is 78.4 Å². The van der Waals surface area contributed by atoms with Gasteiger partial charge in [-0.25, -0.2) is 16.8 Å². The lowest BCUT2D eigenvalue weighted by atomic mass is 9.82. The molecule has 4 saturated carbocycles. The number of Topliss-reactive ketones (excluding diaryl/α,β-unsaturated/α-hetero) is 2. The molecule has 4 aliphatic carbocycles. The van der Waals surface area contributed by atoms with Crippen molar-refractivity contribution in [3.8, 4) is 23.5 Å². The molecular weight excluding hydrogens is 1560 g/mol. The lowest BCUT2D eigenvalue weighted by Gasteiger charge is -2.33. The largest absolute Gasteiger partial charge is 0.476 e. The molecule has 34 heteroatoms. The summed E-state index contributed by atoms with van der Waals surface area (Å²) in [7, 11) is -8.25. The van der Waals surface area contributed by atoms with E-state index in [9.17, 15) is 71.9 Å². The van der Waals surface area contributed by atoms with Crippen LogP contribution in [0.15, 0.2) is 72.8 Å². The van der Waals surface area contributed by atoms with E-state index in [0.29, 0.717) is 72.9 Å². The standard InChI is InChI=1S/2C41H53F3N4O9S/c2*1-7-55-34-28-14-10-11-15-29(28)35(46-45-34)56-27-19-31-32(49)22-40(37(52)47-58(53,54)39(6)16-17-39)21-26(40)13-9-8-12-24(2)18-25(3)30(36(51)48(31)23-27)20-33(50)57-38(4,5)41(42,43)44/h2*9-11,13-15,24-27,30-31H,7-8,12,16-23H2,1-6H3,(H,47,52)/b2*13-9-/t24-,25+,26+,27+,30-,31-,40+;24-,25-,26-,27-,30+,31+,40-/m01/s1/i2*4D3,5D3. The highest BCUT2D eigenvalue weighted by atomic mass is 32.2. The molecule has 2 aromatic carbocycles. The summed E-state index contributed by atoms with van der Waals surface area (Å²) < 4.78 is 267. The summed E-state index contributed by atoms with van der Waals surface area (Å²) >= 11 is 0. The average Bonchev–Trinajstić information content (AvgIpc) is 1.31. The molecular formula is C82H106F6N8O18S2. The normalized spacial score (nSPS) is 31.6. The van der Waals surface area contributed by atoms with Crippen LogP contribution < -0.4 is 28.4 Å². The second-order valence-corrected chi connectivity index (χ2v) is 37.5. The van der Waals surface area contributed by atoms with Gasteiger partial charge in [0.1, 0.15) is 12.2 Å². The monoisotopic (exact) mass is 1680 g/mol. The van der Waals surface area contributed by atoms with Crippen molar-refractivity contribution in [1.82, 2.24) is 39.6 Å². The number of aromatic nitrogens is 4. The Hall–Kier alpha value is -8.56. The lowest BCUT2D eigenvalue weighted by Crippen LogP contribution is -2.48. The first-order chi connectivity index (χ1) is 59.2. The van der Waals surface area contributed by atoms with Crippen molar-refractivity contribution in [2.75, 3.05) is 26.3 Å². The quantitative estimate of drug-likeness (QED) is 0.0471. The number of nitrogens with one attached hydrogen (secondary N) is 2. The van der Waals surface area contributed by atoms with E-state index in [-0.39, 0.29) is 100 Å². The molecule has 4 aliphatic heterocycles. The van der Waals surface area contributed by atoms with Crippen molar-refractivity contribution < 1.29 is 126 Å². The molecule has 0 radical (unpaired) electrons. The number of carbonyl (C=O) groups excluding carboxylic acids is 8. The number of allylic oxidation sites excluding steroid dienone is 4. The Kier molecular flexibility index (Phi) is 21.1. The van der Waals surface area contributed by atoms with Gasteiger partial charge in [-0.2, -0.15) is 26.3 Å². The molecule has 636 valence electrons. The smallest absolute Gasteiger partial charge is 0.427 e. The number of carbonyl (C=O) groups is 8. The van der Waals surface area contributed by atoms with E-state index in [4.69, 9.17) is 35.4 Å². The fraction of sp³-hybridized carbons (Fsp3) is 0.659. The molecule has 4 amide bonds. The van der Waals surface area contributed by atoms with E-state index >= 15 is 9.59 Å². The zero-order chi connectivity index (χ0) is 94.8. The fourth-order valence-electron chi connectivity index (χ4n) is 16.2. The van der Waals surface area contributed by atoms with Crippen LogP contribution in [0.4, 0.5) is 26.3 Å². The summed E-state index contributed by atoms with van der Waals surface area (Å²) in [5, 5.41) is 18.7. The number of rotatable bonds is 20. The van der Waals surface area contributed by atoms with Crippen LogP contribution in [0.3, 0.4) is 0 Å². The van der Waals surface area contributed by atoms with Gasteiger partial charge in [0.15, 0.2) is 11.6 Å². The van der Waals surface area contributed by atoms with E-state index in [1.807, 2.05) is 26.0 Å². The summed E-state index contributed by atoms with van der Waals surface area (Å²) in [6, 6.07) is 11.0. The van der Waals surface area contributed by atoms with Crippen LogP contribution in [-0.4, -0.2) is 178 Å². The number of fused-ring (bicyclic) bond motifs is 6. The number of esters is 2. The molecule has 26 nitrogen and oxygen atoms in total. The molecule has 2 saturated heterocycles. The van der Waals surface area contributed by atoms with Crippen molar-refractivity contribution in [2.24, 2.45) is 58.2 Å². The minimum atomic E-state index is -6.11. The van der Waals surface area contributed by atoms with Gasteiger partial charge in [-0.3, -0.25) is 47.8 Å². The molecule has 2 N–H and O–H groups in total.